The summed E-state index contributed by atoms with van der Waals surface area (Å²) in [4.78, 5) is 1.83. The summed E-state index contributed by atoms with van der Waals surface area (Å²) in [6, 6.07) is 69.0. The molecule has 0 saturated heterocycles. The van der Waals surface area contributed by atoms with Gasteiger partial charge in [-0.05, 0) is 105 Å². The molecule has 2 nitrogen and oxygen atoms in total. The fourth-order valence-corrected chi connectivity index (χ4v) is 7.69. The van der Waals surface area contributed by atoms with Crippen LogP contribution in [-0.2, 0) is 0 Å². The van der Waals surface area contributed by atoms with E-state index in [9.17, 15) is 5.48 Å². The third kappa shape index (κ3) is 6.24. The van der Waals surface area contributed by atoms with E-state index >= 15 is 0 Å². The SMILES string of the molecule is [2H]c1c([2H])c(N(c2ccc(-c3ccccc3)cc2)c2ccc(-c3ccccc3)cc2)c([2H])c([2H])c1-c1ccc(-c2cccc(-n3c4ccccc4c4ccccc43)c2)cc1. The smallest absolute Gasteiger partial charge is 0.0645 e. The van der Waals surface area contributed by atoms with Crippen molar-refractivity contribution in [3.05, 3.63) is 230 Å². The van der Waals surface area contributed by atoms with Gasteiger partial charge in [0.2, 0.25) is 0 Å². The molecule has 9 aromatic carbocycles. The van der Waals surface area contributed by atoms with Gasteiger partial charge in [0.05, 0.1) is 16.5 Å². The number of rotatable bonds is 8. The van der Waals surface area contributed by atoms with Crippen molar-refractivity contribution in [1.29, 1.82) is 0 Å². The Bertz CT molecular complexity index is 2990. The quantitative estimate of drug-likeness (QED) is 0.152. The summed E-state index contributed by atoms with van der Waals surface area (Å²) in [6.45, 7) is 0. The van der Waals surface area contributed by atoms with Gasteiger partial charge in [0.25, 0.3) is 0 Å². The van der Waals surface area contributed by atoms with Crippen molar-refractivity contribution in [1.82, 2.24) is 4.57 Å². The number of aromatic nitrogens is 1. The molecule has 1 heterocycles. The number of para-hydroxylation sites is 2. The third-order valence-electron chi connectivity index (χ3n) is 10.5. The van der Waals surface area contributed by atoms with Crippen LogP contribution in [0.1, 0.15) is 5.48 Å². The first-order valence-corrected chi connectivity index (χ1v) is 18.9. The van der Waals surface area contributed by atoms with Crippen molar-refractivity contribution >= 4 is 38.9 Å². The number of benzene rings is 9. The molecule has 264 valence electrons. The maximum Gasteiger partial charge on any atom is 0.0645 e. The van der Waals surface area contributed by atoms with E-state index in [-0.39, 0.29) is 35.4 Å². The van der Waals surface area contributed by atoms with Crippen molar-refractivity contribution in [2.24, 2.45) is 0 Å². The molecule has 10 aromatic rings. The normalized spacial score (nSPS) is 12.2. The van der Waals surface area contributed by atoms with Crippen LogP contribution in [0.15, 0.2) is 230 Å². The Morgan fingerprint density at radius 1 is 0.304 bits per heavy atom. The summed E-state index contributed by atoms with van der Waals surface area (Å²) in [5, 5.41) is 2.41. The highest BCUT2D eigenvalue weighted by Crippen LogP contribution is 2.38. The summed E-state index contributed by atoms with van der Waals surface area (Å²) in [7, 11) is 0. The zero-order chi connectivity index (χ0) is 40.7. The molecule has 0 aliphatic heterocycles. The minimum absolute atomic E-state index is 0.0982. The Morgan fingerprint density at radius 2 is 0.696 bits per heavy atom. The number of anilines is 3. The van der Waals surface area contributed by atoms with Gasteiger partial charge in [-0.3, -0.25) is 0 Å². The van der Waals surface area contributed by atoms with Gasteiger partial charge < -0.3 is 9.47 Å². The van der Waals surface area contributed by atoms with Crippen LogP contribution in [0.4, 0.5) is 17.1 Å². The highest BCUT2D eigenvalue weighted by molar-refractivity contribution is 6.09. The molecule has 2 heteroatoms. The van der Waals surface area contributed by atoms with Crippen molar-refractivity contribution in [3.8, 4) is 50.2 Å². The van der Waals surface area contributed by atoms with Crippen LogP contribution < -0.4 is 4.90 Å². The maximum absolute atomic E-state index is 9.45. The Hall–Kier alpha value is -7.42. The van der Waals surface area contributed by atoms with E-state index in [2.05, 4.69) is 102 Å². The molecule has 0 aliphatic carbocycles. The first-order chi connectivity index (χ1) is 29.4. The van der Waals surface area contributed by atoms with Crippen LogP contribution in [-0.4, -0.2) is 4.57 Å². The second kappa shape index (κ2) is 14.4. The largest absolute Gasteiger partial charge is 0.311 e. The molecule has 0 aliphatic rings. The number of hydrogen-bond donors (Lipinski definition) is 0. The summed E-state index contributed by atoms with van der Waals surface area (Å²) in [5.41, 5.74) is 12.1. The number of hydrogen-bond acceptors (Lipinski definition) is 1. The molecule has 10 rings (SSSR count). The molecule has 0 spiro atoms. The van der Waals surface area contributed by atoms with Gasteiger partial charge in [-0.25, -0.2) is 0 Å². The van der Waals surface area contributed by atoms with Crippen LogP contribution in [0.25, 0.3) is 72.0 Å². The summed E-state index contributed by atoms with van der Waals surface area (Å²) in [5.74, 6) is 0. The molecule has 0 bridgehead atoms. The molecule has 0 atom stereocenters. The van der Waals surface area contributed by atoms with Gasteiger partial charge in [0.1, 0.15) is 0 Å². The predicted octanol–water partition coefficient (Wildman–Crippen LogP) is 14.9. The van der Waals surface area contributed by atoms with Crippen molar-refractivity contribution in [3.63, 3.8) is 0 Å². The molecule has 0 saturated carbocycles. The zero-order valence-electron chi connectivity index (χ0n) is 34.5. The van der Waals surface area contributed by atoms with E-state index < -0.39 is 0 Å². The molecule has 0 fully saturated rings. The lowest BCUT2D eigenvalue weighted by atomic mass is 9.99. The van der Waals surface area contributed by atoms with Crippen LogP contribution in [0.2, 0.25) is 0 Å². The maximum atomic E-state index is 9.45. The van der Waals surface area contributed by atoms with Gasteiger partial charge >= 0.3 is 0 Å². The lowest BCUT2D eigenvalue weighted by Crippen LogP contribution is -2.09. The lowest BCUT2D eigenvalue weighted by molar-refractivity contribution is 1.18. The highest BCUT2D eigenvalue weighted by atomic mass is 15.1. The molecule has 0 radical (unpaired) electrons. The average Bonchev–Trinajstić information content (AvgIpc) is 3.65. The molecular formula is C54H38N2. The second-order valence-electron chi connectivity index (χ2n) is 13.9. The second-order valence-corrected chi connectivity index (χ2v) is 13.9. The summed E-state index contributed by atoms with van der Waals surface area (Å²) < 4.78 is 39.9. The van der Waals surface area contributed by atoms with Crippen LogP contribution in [0, 0.1) is 0 Å². The van der Waals surface area contributed by atoms with Crippen LogP contribution in [0.3, 0.4) is 0 Å². The minimum Gasteiger partial charge on any atom is -0.311 e. The molecule has 0 unspecified atom stereocenters. The number of fused-ring (bicyclic) bond motifs is 3. The van der Waals surface area contributed by atoms with E-state index in [1.54, 1.807) is 0 Å². The molecule has 56 heavy (non-hydrogen) atoms. The van der Waals surface area contributed by atoms with E-state index in [4.69, 9.17) is 0 Å². The third-order valence-corrected chi connectivity index (χ3v) is 10.5. The molecule has 0 N–H and O–H groups in total. The monoisotopic (exact) mass is 718 g/mol. The van der Waals surface area contributed by atoms with Crippen LogP contribution >= 0.6 is 0 Å². The van der Waals surface area contributed by atoms with Gasteiger partial charge in [-0.1, -0.05) is 170 Å². The average molecular weight is 719 g/mol. The highest BCUT2D eigenvalue weighted by Gasteiger charge is 2.15. The molecular weight excluding hydrogens is 677 g/mol. The fraction of sp³-hybridized carbons (Fsp3) is 0. The van der Waals surface area contributed by atoms with Gasteiger partial charge in [-0.2, -0.15) is 0 Å². The molecule has 0 amide bonds. The van der Waals surface area contributed by atoms with E-state index in [0.717, 1.165) is 61.5 Å². The summed E-state index contributed by atoms with van der Waals surface area (Å²) in [6.07, 6.45) is 0. The summed E-state index contributed by atoms with van der Waals surface area (Å²) >= 11 is 0. The van der Waals surface area contributed by atoms with E-state index in [0.29, 0.717) is 5.56 Å². The Balaban J connectivity index is 1.03. The van der Waals surface area contributed by atoms with Gasteiger partial charge in [0, 0.05) is 33.5 Å². The Morgan fingerprint density at radius 3 is 1.21 bits per heavy atom. The van der Waals surface area contributed by atoms with E-state index in [1.165, 1.54) is 10.8 Å². The van der Waals surface area contributed by atoms with E-state index in [1.807, 2.05) is 114 Å². The number of nitrogens with zero attached hydrogens (tertiary/aromatic N) is 2. The minimum atomic E-state index is -0.117. The Labute approximate surface area is 333 Å². The fourth-order valence-electron chi connectivity index (χ4n) is 7.69. The standard InChI is InChI=1S/C54H38N2/c1-3-12-39(13-4-1)42-26-32-47(33-27-42)55(48-34-28-43(29-35-48)40-14-5-2-6-15-40)49-36-30-44(31-37-49)41-22-24-45(25-23-41)46-16-11-17-50(38-46)56-53-20-9-7-18-51(53)52-19-8-10-21-54(52)56/h1-38H/i30D,31D,36D,37D. The van der Waals surface area contributed by atoms with Crippen molar-refractivity contribution < 1.29 is 5.48 Å². The predicted molar refractivity (Wildman–Crippen MR) is 237 cm³/mol. The van der Waals surface area contributed by atoms with Crippen LogP contribution in [0.5, 0.6) is 0 Å². The topological polar surface area (TPSA) is 8.17 Å². The lowest BCUT2D eigenvalue weighted by Gasteiger charge is -2.26. The zero-order valence-corrected chi connectivity index (χ0v) is 30.5. The van der Waals surface area contributed by atoms with Crippen molar-refractivity contribution in [2.75, 3.05) is 4.90 Å². The van der Waals surface area contributed by atoms with Gasteiger partial charge in [-0.15, -0.1) is 0 Å². The first-order valence-electron chi connectivity index (χ1n) is 20.9. The first kappa shape index (κ1) is 29.0. The molecule has 1 aromatic heterocycles. The Kier molecular flexibility index (Phi) is 7.47. The van der Waals surface area contributed by atoms with Crippen molar-refractivity contribution in [2.45, 2.75) is 0 Å². The van der Waals surface area contributed by atoms with Gasteiger partial charge in [0.15, 0.2) is 0 Å².